The molecule has 2 aliphatic rings. The minimum Gasteiger partial charge on any atom is -0.504 e. The summed E-state index contributed by atoms with van der Waals surface area (Å²) in [5.41, 5.74) is 0.954. The summed E-state index contributed by atoms with van der Waals surface area (Å²) in [6, 6.07) is 8.08. The van der Waals surface area contributed by atoms with Gasteiger partial charge in [0.25, 0.3) is 0 Å². The molecule has 0 unspecified atom stereocenters. The van der Waals surface area contributed by atoms with Gasteiger partial charge in [0.05, 0.1) is 25.4 Å². The molecule has 1 saturated heterocycles. The van der Waals surface area contributed by atoms with Gasteiger partial charge in [-0.3, -0.25) is 0 Å². The number of rotatable bonds is 10. The molecule has 4 rings (SSSR count). The van der Waals surface area contributed by atoms with E-state index in [4.69, 9.17) is 18.9 Å². The van der Waals surface area contributed by atoms with Crippen molar-refractivity contribution in [2.24, 2.45) is 5.92 Å². The molecule has 242 valence electrons. The molecule has 14 nitrogen and oxygen atoms in total. The molecule has 2 aromatic carbocycles. The third-order valence-corrected chi connectivity index (χ3v) is 7.77. The van der Waals surface area contributed by atoms with Gasteiger partial charge in [0.1, 0.15) is 30.5 Å². The van der Waals surface area contributed by atoms with Gasteiger partial charge >= 0.3 is 5.97 Å². The fraction of sp³-hybridized carbons (Fsp3) is 0.500. The number of phenols is 4. The fourth-order valence-electron chi connectivity index (χ4n) is 5.22. The maximum Gasteiger partial charge on any atom is 0.331 e. The summed E-state index contributed by atoms with van der Waals surface area (Å²) in [4.78, 5) is 12.8. The van der Waals surface area contributed by atoms with Gasteiger partial charge in [-0.25, -0.2) is 4.79 Å². The summed E-state index contributed by atoms with van der Waals surface area (Å²) >= 11 is 0. The molecule has 1 aliphatic heterocycles. The molecule has 1 saturated carbocycles. The van der Waals surface area contributed by atoms with Crippen molar-refractivity contribution in [3.05, 3.63) is 53.6 Å². The van der Waals surface area contributed by atoms with Crippen molar-refractivity contribution in [2.75, 3.05) is 13.2 Å². The number of carbonyl (C=O) groups is 1. The number of aliphatic hydroxyl groups excluding tert-OH is 5. The largest absolute Gasteiger partial charge is 0.504 e. The zero-order valence-corrected chi connectivity index (χ0v) is 23.8. The number of carbonyl (C=O) groups excluding carboxylic acids is 1. The molecule has 14 heteroatoms. The average Bonchev–Trinajstić information content (AvgIpc) is 2.99. The van der Waals surface area contributed by atoms with E-state index >= 15 is 0 Å². The first-order valence-corrected chi connectivity index (χ1v) is 14.1. The van der Waals surface area contributed by atoms with Gasteiger partial charge in [-0.1, -0.05) is 19.1 Å². The molecular formula is C30H38O14. The van der Waals surface area contributed by atoms with Crippen molar-refractivity contribution < 1.29 is 69.7 Å². The average molecular weight is 623 g/mol. The van der Waals surface area contributed by atoms with Gasteiger partial charge in [-0.15, -0.1) is 0 Å². The van der Waals surface area contributed by atoms with Gasteiger partial charge in [0, 0.05) is 6.08 Å². The third kappa shape index (κ3) is 7.78. The number of phenolic OH excluding ortho intramolecular Hbond substituents is 4. The van der Waals surface area contributed by atoms with Crippen LogP contribution >= 0.6 is 0 Å². The maximum atomic E-state index is 12.8. The van der Waals surface area contributed by atoms with Crippen LogP contribution in [0.2, 0.25) is 0 Å². The van der Waals surface area contributed by atoms with Gasteiger partial charge in [0.15, 0.2) is 35.4 Å². The lowest BCUT2D eigenvalue weighted by molar-refractivity contribution is -0.321. The standard InChI is InChI=1S/C30H38O14/c1-14-10-21(25(38)26(39)24(14)37)42-29-27(40)30(41-9-8-16-3-6-18(33)20(35)12-16)43-22(13-31)28(29)44-23(36)7-4-15-2-5-17(32)19(34)11-15/h2-7,11-12,14,21-22,24-35,37-40H,8-10,13H2,1H3/b7-4+/t14-,21-,22-,24+,25+,26-,27-,28-,29-,30-/m1/s1. The highest BCUT2D eigenvalue weighted by atomic mass is 16.7. The molecule has 2 fully saturated rings. The zero-order valence-electron chi connectivity index (χ0n) is 23.8. The van der Waals surface area contributed by atoms with E-state index in [-0.39, 0.29) is 36.7 Å². The van der Waals surface area contributed by atoms with Crippen LogP contribution in [-0.2, 0) is 30.2 Å². The van der Waals surface area contributed by atoms with Crippen LogP contribution in [0.4, 0.5) is 0 Å². The summed E-state index contributed by atoms with van der Waals surface area (Å²) in [6.45, 7) is 0.901. The predicted molar refractivity (Wildman–Crippen MR) is 150 cm³/mol. The Labute approximate surface area is 252 Å². The van der Waals surface area contributed by atoms with Crippen LogP contribution in [-0.4, -0.2) is 120 Å². The van der Waals surface area contributed by atoms with Crippen molar-refractivity contribution in [3.8, 4) is 23.0 Å². The van der Waals surface area contributed by atoms with Gasteiger partial charge in [0.2, 0.25) is 0 Å². The number of esters is 1. The van der Waals surface area contributed by atoms with Crippen LogP contribution in [0.3, 0.4) is 0 Å². The smallest absolute Gasteiger partial charge is 0.331 e. The predicted octanol–water partition coefficient (Wildman–Crippen LogP) is -0.352. The molecule has 44 heavy (non-hydrogen) atoms. The lowest BCUT2D eigenvalue weighted by Crippen LogP contribution is -2.64. The van der Waals surface area contributed by atoms with Crippen molar-refractivity contribution in [1.29, 1.82) is 0 Å². The van der Waals surface area contributed by atoms with Crippen molar-refractivity contribution in [3.63, 3.8) is 0 Å². The number of aliphatic hydroxyl groups is 5. The first-order valence-electron chi connectivity index (χ1n) is 14.1. The highest BCUT2D eigenvalue weighted by Crippen LogP contribution is 2.34. The van der Waals surface area contributed by atoms with E-state index in [1.807, 2.05) is 0 Å². The van der Waals surface area contributed by atoms with Crippen molar-refractivity contribution in [1.82, 2.24) is 0 Å². The Balaban J connectivity index is 1.52. The number of aromatic hydroxyl groups is 4. The minimum absolute atomic E-state index is 0.0442. The summed E-state index contributed by atoms with van der Waals surface area (Å²) in [5, 5.41) is 91.0. The lowest BCUT2D eigenvalue weighted by Gasteiger charge is -2.46. The summed E-state index contributed by atoms with van der Waals surface area (Å²) in [5.74, 6) is -2.80. The van der Waals surface area contributed by atoms with Crippen LogP contribution in [0.5, 0.6) is 23.0 Å². The van der Waals surface area contributed by atoms with Crippen LogP contribution in [0.25, 0.3) is 6.08 Å². The SMILES string of the molecule is C[C@@H]1C[C@@H](O[C@@H]2[C@@H](O)[C@H](OCCc3ccc(O)c(O)c3)O[C@H](CO)[C@H]2OC(=O)/C=C/c2ccc(O)c(O)c2)[C@H](O)[C@H](O)[C@H]1O. The summed E-state index contributed by atoms with van der Waals surface area (Å²) in [7, 11) is 0. The van der Waals surface area contributed by atoms with Crippen molar-refractivity contribution >= 4 is 12.0 Å². The molecule has 0 spiro atoms. The third-order valence-electron chi connectivity index (χ3n) is 7.77. The van der Waals surface area contributed by atoms with E-state index in [1.54, 1.807) is 13.0 Å². The van der Waals surface area contributed by atoms with Crippen LogP contribution in [0, 0.1) is 5.92 Å². The lowest BCUT2D eigenvalue weighted by atomic mass is 9.81. The topological polar surface area (TPSA) is 236 Å². The normalized spacial score (nSPS) is 32.5. The second-order valence-electron chi connectivity index (χ2n) is 11.0. The highest BCUT2D eigenvalue weighted by molar-refractivity contribution is 5.87. The monoisotopic (exact) mass is 622 g/mol. The van der Waals surface area contributed by atoms with Crippen LogP contribution in [0.15, 0.2) is 42.5 Å². The first-order chi connectivity index (χ1) is 20.9. The number of benzene rings is 2. The van der Waals surface area contributed by atoms with E-state index in [0.29, 0.717) is 11.1 Å². The minimum atomic E-state index is -1.63. The zero-order chi connectivity index (χ0) is 32.1. The van der Waals surface area contributed by atoms with Crippen LogP contribution < -0.4 is 0 Å². The van der Waals surface area contributed by atoms with E-state index in [9.17, 15) is 50.8 Å². The molecule has 10 atom stereocenters. The molecule has 1 heterocycles. The number of hydrogen-bond donors (Lipinski definition) is 9. The Morgan fingerprint density at radius 2 is 1.57 bits per heavy atom. The maximum absolute atomic E-state index is 12.8. The Bertz CT molecular complexity index is 1300. The molecule has 1 aliphatic carbocycles. The van der Waals surface area contributed by atoms with E-state index in [2.05, 4.69) is 0 Å². The Morgan fingerprint density at radius 3 is 2.23 bits per heavy atom. The molecule has 0 aromatic heterocycles. The Kier molecular flexibility index (Phi) is 11.0. The first kappa shape index (κ1) is 33.4. The van der Waals surface area contributed by atoms with Crippen LogP contribution in [0.1, 0.15) is 24.5 Å². The van der Waals surface area contributed by atoms with Gasteiger partial charge in [-0.05, 0) is 60.2 Å². The number of ether oxygens (including phenoxy) is 4. The molecular weight excluding hydrogens is 584 g/mol. The van der Waals surface area contributed by atoms with Crippen molar-refractivity contribution in [2.45, 2.75) is 74.9 Å². The number of hydrogen-bond acceptors (Lipinski definition) is 14. The van der Waals surface area contributed by atoms with E-state index < -0.39 is 79.4 Å². The fourth-order valence-corrected chi connectivity index (χ4v) is 5.22. The molecule has 0 amide bonds. The Morgan fingerprint density at radius 1 is 0.886 bits per heavy atom. The molecule has 9 N–H and O–H groups in total. The second-order valence-corrected chi connectivity index (χ2v) is 11.0. The molecule has 0 bridgehead atoms. The molecule has 0 radical (unpaired) electrons. The second kappa shape index (κ2) is 14.5. The highest BCUT2D eigenvalue weighted by Gasteiger charge is 2.51. The van der Waals surface area contributed by atoms with Gasteiger partial charge in [-0.2, -0.15) is 0 Å². The molecule has 2 aromatic rings. The Hall–Kier alpha value is -3.47. The van der Waals surface area contributed by atoms with E-state index in [0.717, 1.165) is 6.08 Å². The van der Waals surface area contributed by atoms with E-state index in [1.165, 1.54) is 36.4 Å². The summed E-state index contributed by atoms with van der Waals surface area (Å²) < 4.78 is 23.0. The quantitative estimate of drug-likeness (QED) is 0.0936. The van der Waals surface area contributed by atoms with Gasteiger partial charge < -0.3 is 64.9 Å². The summed E-state index contributed by atoms with van der Waals surface area (Å²) in [6.07, 6.45) is -9.99.